The first-order valence-electron chi connectivity index (χ1n) is 8.30. The van der Waals surface area contributed by atoms with Gasteiger partial charge in [-0.1, -0.05) is 22.0 Å². The number of rotatable bonds is 7. The van der Waals surface area contributed by atoms with Crippen LogP contribution in [0.1, 0.15) is 20.7 Å². The molecule has 3 N–H and O–H groups in total. The van der Waals surface area contributed by atoms with E-state index < -0.39 is 5.91 Å². The van der Waals surface area contributed by atoms with E-state index in [1.807, 2.05) is 0 Å². The van der Waals surface area contributed by atoms with Crippen LogP contribution in [0.3, 0.4) is 0 Å². The number of anilines is 1. The zero-order chi connectivity index (χ0) is 20.5. The summed E-state index contributed by atoms with van der Waals surface area (Å²) in [6, 6.07) is 11.9. The summed E-state index contributed by atoms with van der Waals surface area (Å²) in [5.74, 6) is -0.221. The number of methoxy groups -OCH3 is 1. The quantitative estimate of drug-likeness (QED) is 0.430. The van der Waals surface area contributed by atoms with Crippen LogP contribution in [0.5, 0.6) is 5.75 Å². The van der Waals surface area contributed by atoms with Crippen molar-refractivity contribution in [3.8, 4) is 5.75 Å². The Balaban J connectivity index is 2.07. The molecule has 7 nitrogen and oxygen atoms in total. The fourth-order valence-electron chi connectivity index (χ4n) is 2.26. The lowest BCUT2D eigenvalue weighted by Crippen LogP contribution is -2.34. The third-order valence-electron chi connectivity index (χ3n) is 3.57. The molecule has 28 heavy (non-hydrogen) atoms. The Morgan fingerprint density at radius 2 is 1.89 bits per heavy atom. The highest BCUT2D eigenvalue weighted by Crippen LogP contribution is 2.23. The van der Waals surface area contributed by atoms with E-state index in [1.54, 1.807) is 56.6 Å². The molecule has 0 radical (unpaired) electrons. The van der Waals surface area contributed by atoms with Crippen LogP contribution in [0.2, 0.25) is 0 Å². The minimum Gasteiger partial charge on any atom is -0.490 e. The minimum atomic E-state index is -0.423. The predicted molar refractivity (Wildman–Crippen MR) is 115 cm³/mol. The van der Waals surface area contributed by atoms with Crippen LogP contribution >= 0.6 is 28.1 Å². The first-order valence-corrected chi connectivity index (χ1v) is 9.50. The van der Waals surface area contributed by atoms with E-state index >= 15 is 0 Å². The second kappa shape index (κ2) is 10.7. The maximum Gasteiger partial charge on any atom is 0.261 e. The standard InChI is InChI=1S/C19H20BrN3O4S/c1-21-17(24)12-4-3-5-14(10-12)22-19(28)23-18(25)15-11-13(20)6-7-16(15)27-9-8-26-2/h3-7,10-11H,8-9H2,1-2H3,(H,21,24)(H2,22,23,25,28). The molecule has 2 aromatic rings. The average molecular weight is 466 g/mol. The summed E-state index contributed by atoms with van der Waals surface area (Å²) >= 11 is 8.56. The smallest absolute Gasteiger partial charge is 0.261 e. The molecule has 0 aliphatic rings. The van der Waals surface area contributed by atoms with E-state index in [0.717, 1.165) is 4.47 Å². The van der Waals surface area contributed by atoms with Gasteiger partial charge in [0.2, 0.25) is 0 Å². The topological polar surface area (TPSA) is 88.7 Å². The zero-order valence-electron chi connectivity index (χ0n) is 15.4. The minimum absolute atomic E-state index is 0.0990. The number of halogens is 1. The Kier molecular flexibility index (Phi) is 8.37. The summed E-state index contributed by atoms with van der Waals surface area (Å²) in [5.41, 5.74) is 1.38. The summed E-state index contributed by atoms with van der Waals surface area (Å²) in [6.07, 6.45) is 0. The van der Waals surface area contributed by atoms with Crippen molar-refractivity contribution >= 4 is 50.8 Å². The molecule has 0 atom stereocenters. The first kappa shape index (κ1) is 21.8. The van der Waals surface area contributed by atoms with Crippen molar-refractivity contribution in [2.45, 2.75) is 0 Å². The lowest BCUT2D eigenvalue weighted by molar-refractivity contribution is 0.0957. The Labute approximate surface area is 176 Å². The van der Waals surface area contributed by atoms with Gasteiger partial charge in [-0.2, -0.15) is 0 Å². The highest BCUT2D eigenvalue weighted by Gasteiger charge is 2.15. The molecular weight excluding hydrogens is 446 g/mol. The zero-order valence-corrected chi connectivity index (χ0v) is 17.8. The number of thiocarbonyl (C=S) groups is 1. The summed E-state index contributed by atoms with van der Waals surface area (Å²) in [4.78, 5) is 24.4. The lowest BCUT2D eigenvalue weighted by Gasteiger charge is -2.14. The van der Waals surface area contributed by atoms with E-state index in [9.17, 15) is 9.59 Å². The van der Waals surface area contributed by atoms with Crippen molar-refractivity contribution in [3.63, 3.8) is 0 Å². The highest BCUT2D eigenvalue weighted by molar-refractivity contribution is 9.10. The second-order valence-corrected chi connectivity index (χ2v) is 6.87. The molecule has 148 valence electrons. The number of nitrogens with one attached hydrogen (secondary N) is 3. The van der Waals surface area contributed by atoms with Gasteiger partial charge in [-0.25, -0.2) is 0 Å². The lowest BCUT2D eigenvalue weighted by atomic mass is 10.2. The van der Waals surface area contributed by atoms with Crippen LogP contribution < -0.4 is 20.7 Å². The molecule has 0 aliphatic carbocycles. The molecule has 9 heteroatoms. The molecule has 0 saturated heterocycles. The van der Waals surface area contributed by atoms with E-state index in [0.29, 0.717) is 35.8 Å². The maximum absolute atomic E-state index is 12.6. The molecule has 0 fully saturated rings. The van der Waals surface area contributed by atoms with Gasteiger partial charge in [-0.15, -0.1) is 0 Å². The number of hydrogen-bond acceptors (Lipinski definition) is 5. The highest BCUT2D eigenvalue weighted by atomic mass is 79.9. The van der Waals surface area contributed by atoms with Crippen LogP contribution in [-0.4, -0.2) is 44.3 Å². The molecule has 0 spiro atoms. The van der Waals surface area contributed by atoms with Crippen molar-refractivity contribution in [1.29, 1.82) is 0 Å². The van der Waals surface area contributed by atoms with Crippen LogP contribution in [0.15, 0.2) is 46.9 Å². The predicted octanol–water partition coefficient (Wildman–Crippen LogP) is 2.96. The molecule has 0 heterocycles. The van der Waals surface area contributed by atoms with Gasteiger partial charge < -0.3 is 20.1 Å². The van der Waals surface area contributed by atoms with Gasteiger partial charge in [0.1, 0.15) is 12.4 Å². The Bertz CT molecular complexity index is 876. The third kappa shape index (κ3) is 6.29. The summed E-state index contributed by atoms with van der Waals surface area (Å²) < 4.78 is 11.3. The first-order chi connectivity index (χ1) is 13.4. The Hall–Kier alpha value is -2.49. The second-order valence-electron chi connectivity index (χ2n) is 5.55. The Morgan fingerprint density at radius 3 is 2.61 bits per heavy atom. The van der Waals surface area contributed by atoms with E-state index in [1.165, 1.54) is 0 Å². The fourth-order valence-corrected chi connectivity index (χ4v) is 2.83. The maximum atomic E-state index is 12.6. The van der Waals surface area contributed by atoms with Gasteiger partial charge in [0.05, 0.1) is 12.2 Å². The number of carbonyl (C=O) groups is 2. The molecule has 0 saturated carbocycles. The molecule has 0 bridgehead atoms. The fraction of sp³-hybridized carbons (Fsp3) is 0.211. The molecule has 0 aromatic heterocycles. The van der Waals surface area contributed by atoms with Gasteiger partial charge in [0.15, 0.2) is 5.11 Å². The van der Waals surface area contributed by atoms with Gasteiger partial charge in [0.25, 0.3) is 11.8 Å². The molecule has 0 aliphatic heterocycles. The van der Waals surface area contributed by atoms with E-state index in [4.69, 9.17) is 21.7 Å². The van der Waals surface area contributed by atoms with Crippen molar-refractivity contribution in [1.82, 2.24) is 10.6 Å². The monoisotopic (exact) mass is 465 g/mol. The van der Waals surface area contributed by atoms with Gasteiger partial charge >= 0.3 is 0 Å². The SMILES string of the molecule is CNC(=O)c1cccc(NC(=S)NC(=O)c2cc(Br)ccc2OCCOC)c1. The normalized spacial score (nSPS) is 10.1. The largest absolute Gasteiger partial charge is 0.490 e. The van der Waals surface area contributed by atoms with Crippen molar-refractivity contribution < 1.29 is 19.1 Å². The third-order valence-corrected chi connectivity index (χ3v) is 4.27. The van der Waals surface area contributed by atoms with Crippen LogP contribution in [-0.2, 0) is 4.74 Å². The number of amides is 2. The van der Waals surface area contributed by atoms with E-state index in [2.05, 4.69) is 31.9 Å². The van der Waals surface area contributed by atoms with Crippen LogP contribution in [0.4, 0.5) is 5.69 Å². The molecule has 2 rings (SSSR count). The molecule has 2 aromatic carbocycles. The number of hydrogen-bond donors (Lipinski definition) is 3. The van der Waals surface area contributed by atoms with Crippen molar-refractivity contribution in [3.05, 3.63) is 58.1 Å². The molecule has 0 unspecified atom stereocenters. The van der Waals surface area contributed by atoms with Gasteiger partial charge in [0, 0.05) is 29.9 Å². The molecule has 2 amide bonds. The summed E-state index contributed by atoms with van der Waals surface area (Å²) in [5, 5.41) is 8.16. The van der Waals surface area contributed by atoms with Gasteiger partial charge in [-0.3, -0.25) is 14.9 Å². The van der Waals surface area contributed by atoms with Crippen molar-refractivity contribution in [2.24, 2.45) is 0 Å². The summed E-state index contributed by atoms with van der Waals surface area (Å²) in [6.45, 7) is 0.714. The van der Waals surface area contributed by atoms with E-state index in [-0.39, 0.29) is 11.0 Å². The van der Waals surface area contributed by atoms with Crippen LogP contribution in [0, 0.1) is 0 Å². The van der Waals surface area contributed by atoms with Gasteiger partial charge in [-0.05, 0) is 48.6 Å². The van der Waals surface area contributed by atoms with Crippen molar-refractivity contribution in [2.75, 3.05) is 32.7 Å². The Morgan fingerprint density at radius 1 is 1.11 bits per heavy atom. The average Bonchev–Trinajstić information content (AvgIpc) is 2.68. The number of ether oxygens (including phenoxy) is 2. The number of carbonyl (C=O) groups excluding carboxylic acids is 2. The summed E-state index contributed by atoms with van der Waals surface area (Å²) in [7, 11) is 3.12. The number of benzene rings is 2. The van der Waals surface area contributed by atoms with Crippen LogP contribution in [0.25, 0.3) is 0 Å². The molecular formula is C19H20BrN3O4S.